The maximum atomic E-state index is 5.95. The van der Waals surface area contributed by atoms with Gasteiger partial charge in [-0.25, -0.2) is 9.97 Å². The predicted molar refractivity (Wildman–Crippen MR) is 121 cm³/mol. The molecule has 2 aromatic carbocycles. The van der Waals surface area contributed by atoms with Gasteiger partial charge in [-0.3, -0.25) is 0 Å². The molecule has 6 heteroatoms. The molecule has 0 N–H and O–H groups in total. The molecule has 0 unspecified atom stereocenters. The van der Waals surface area contributed by atoms with Crippen LogP contribution in [0.5, 0.6) is 11.5 Å². The summed E-state index contributed by atoms with van der Waals surface area (Å²) < 4.78 is 16.6. The van der Waals surface area contributed by atoms with E-state index in [0.717, 1.165) is 43.6 Å². The minimum atomic E-state index is -0.125. The first kappa shape index (κ1) is 21.1. The summed E-state index contributed by atoms with van der Waals surface area (Å²) in [6, 6.07) is 18.4. The van der Waals surface area contributed by atoms with Crippen LogP contribution in [0, 0.1) is 0 Å². The van der Waals surface area contributed by atoms with Crippen molar-refractivity contribution in [3.8, 4) is 11.5 Å². The zero-order chi connectivity index (χ0) is 21.7. The number of anilines is 1. The summed E-state index contributed by atoms with van der Waals surface area (Å²) in [4.78, 5) is 11.2. The summed E-state index contributed by atoms with van der Waals surface area (Å²) in [5.74, 6) is 3.26. The molecule has 0 radical (unpaired) electrons. The average molecular weight is 420 g/mol. The Hall–Kier alpha value is -3.12. The number of morpholine rings is 1. The molecule has 0 atom stereocenters. The number of ether oxygens (including phenoxy) is 3. The van der Waals surface area contributed by atoms with Crippen molar-refractivity contribution in [2.45, 2.75) is 25.9 Å². The molecule has 4 rings (SSSR count). The van der Waals surface area contributed by atoms with Crippen molar-refractivity contribution in [3.63, 3.8) is 0 Å². The van der Waals surface area contributed by atoms with Gasteiger partial charge in [0.2, 0.25) is 0 Å². The van der Waals surface area contributed by atoms with Crippen molar-refractivity contribution < 1.29 is 14.2 Å². The second kappa shape index (κ2) is 9.35. The summed E-state index contributed by atoms with van der Waals surface area (Å²) in [5, 5.41) is 0. The molecule has 1 aromatic heterocycles. The third-order valence-corrected chi connectivity index (χ3v) is 5.78. The highest BCUT2D eigenvalue weighted by Crippen LogP contribution is 2.33. The third-order valence-electron chi connectivity index (χ3n) is 5.78. The van der Waals surface area contributed by atoms with Gasteiger partial charge in [0.15, 0.2) is 5.82 Å². The Kier molecular flexibility index (Phi) is 6.37. The minimum absolute atomic E-state index is 0.125. The van der Waals surface area contributed by atoms with Gasteiger partial charge in [-0.05, 0) is 41.5 Å². The van der Waals surface area contributed by atoms with E-state index in [1.165, 1.54) is 11.1 Å². The molecular formula is C25H29N3O3. The van der Waals surface area contributed by atoms with Gasteiger partial charge in [-0.2, -0.15) is 0 Å². The van der Waals surface area contributed by atoms with E-state index >= 15 is 0 Å². The molecule has 0 saturated carbocycles. The lowest BCUT2D eigenvalue weighted by Crippen LogP contribution is -2.36. The third kappa shape index (κ3) is 4.97. The molecule has 162 valence electrons. The van der Waals surface area contributed by atoms with E-state index in [1.807, 2.05) is 30.3 Å². The van der Waals surface area contributed by atoms with Crippen molar-refractivity contribution >= 4 is 5.82 Å². The van der Waals surface area contributed by atoms with Crippen LogP contribution in [0.15, 0.2) is 60.8 Å². The summed E-state index contributed by atoms with van der Waals surface area (Å²) in [7, 11) is 1.68. The lowest BCUT2D eigenvalue weighted by Gasteiger charge is -2.27. The molecule has 0 amide bonds. The molecule has 3 aromatic rings. The molecule has 0 bridgehead atoms. The molecular weight excluding hydrogens is 390 g/mol. The van der Waals surface area contributed by atoms with Crippen molar-refractivity contribution in [2.24, 2.45) is 0 Å². The minimum Gasteiger partial charge on any atom is -0.497 e. The Bertz CT molecular complexity index is 982. The first-order valence-corrected chi connectivity index (χ1v) is 10.6. The molecule has 0 spiro atoms. The highest BCUT2D eigenvalue weighted by atomic mass is 16.5. The van der Waals surface area contributed by atoms with E-state index in [1.54, 1.807) is 13.3 Å². The molecule has 0 aliphatic carbocycles. The molecule has 31 heavy (non-hydrogen) atoms. The molecule has 2 heterocycles. The van der Waals surface area contributed by atoms with Crippen LogP contribution < -0.4 is 14.4 Å². The van der Waals surface area contributed by atoms with Crippen molar-refractivity contribution in [1.29, 1.82) is 0 Å². The van der Waals surface area contributed by atoms with Crippen LogP contribution in [-0.2, 0) is 16.8 Å². The first-order chi connectivity index (χ1) is 15.1. The smallest absolute Gasteiger partial charge is 0.168 e. The Balaban J connectivity index is 1.40. The Labute approximate surface area is 183 Å². The number of methoxy groups -OCH3 is 1. The van der Waals surface area contributed by atoms with Gasteiger partial charge in [0.05, 0.1) is 20.3 Å². The van der Waals surface area contributed by atoms with E-state index in [0.29, 0.717) is 12.4 Å². The second-order valence-electron chi connectivity index (χ2n) is 8.10. The van der Waals surface area contributed by atoms with Crippen molar-refractivity contribution in [2.75, 3.05) is 38.3 Å². The highest BCUT2D eigenvalue weighted by molar-refractivity contribution is 5.42. The van der Waals surface area contributed by atoms with E-state index in [-0.39, 0.29) is 5.41 Å². The fourth-order valence-corrected chi connectivity index (χ4v) is 3.72. The van der Waals surface area contributed by atoms with Crippen LogP contribution in [0.25, 0.3) is 0 Å². The SMILES string of the molecule is COc1ccc(C(C)(C)c2ccc(OCc3nccc(N4CCOCC4)n3)cc2)cc1. The number of rotatable bonds is 7. The van der Waals surface area contributed by atoms with Gasteiger partial charge in [0, 0.05) is 24.7 Å². The van der Waals surface area contributed by atoms with Gasteiger partial charge in [-0.15, -0.1) is 0 Å². The van der Waals surface area contributed by atoms with Crippen LogP contribution in [0.4, 0.5) is 5.82 Å². The van der Waals surface area contributed by atoms with Gasteiger partial charge in [0.1, 0.15) is 23.9 Å². The Morgan fingerprint density at radius 1 is 0.903 bits per heavy atom. The number of nitrogens with zero attached hydrogens (tertiary/aromatic N) is 3. The van der Waals surface area contributed by atoms with Gasteiger partial charge >= 0.3 is 0 Å². The maximum absolute atomic E-state index is 5.95. The van der Waals surface area contributed by atoms with Crippen LogP contribution in [0.1, 0.15) is 30.8 Å². The Morgan fingerprint density at radius 2 is 1.52 bits per heavy atom. The highest BCUT2D eigenvalue weighted by Gasteiger charge is 2.23. The van der Waals surface area contributed by atoms with E-state index < -0.39 is 0 Å². The predicted octanol–water partition coefficient (Wildman–Crippen LogP) is 4.23. The lowest BCUT2D eigenvalue weighted by atomic mass is 9.78. The van der Waals surface area contributed by atoms with Crippen LogP contribution in [0.3, 0.4) is 0 Å². The van der Waals surface area contributed by atoms with Crippen LogP contribution in [0.2, 0.25) is 0 Å². The van der Waals surface area contributed by atoms with E-state index in [2.05, 4.69) is 53.0 Å². The van der Waals surface area contributed by atoms with E-state index in [9.17, 15) is 0 Å². The summed E-state index contributed by atoms with van der Waals surface area (Å²) in [6.07, 6.45) is 1.79. The summed E-state index contributed by atoms with van der Waals surface area (Å²) in [5.41, 5.74) is 2.33. The van der Waals surface area contributed by atoms with Gasteiger partial charge < -0.3 is 19.1 Å². The topological polar surface area (TPSA) is 56.7 Å². The zero-order valence-electron chi connectivity index (χ0n) is 18.4. The molecule has 6 nitrogen and oxygen atoms in total. The average Bonchev–Trinajstić information content (AvgIpc) is 2.84. The quantitative estimate of drug-likeness (QED) is 0.571. The Morgan fingerprint density at radius 3 is 2.13 bits per heavy atom. The lowest BCUT2D eigenvalue weighted by molar-refractivity contribution is 0.122. The summed E-state index contributed by atoms with van der Waals surface area (Å²) >= 11 is 0. The largest absolute Gasteiger partial charge is 0.497 e. The van der Waals surface area contributed by atoms with Crippen LogP contribution >= 0.6 is 0 Å². The molecule has 1 fully saturated rings. The van der Waals surface area contributed by atoms with Crippen LogP contribution in [-0.4, -0.2) is 43.4 Å². The first-order valence-electron chi connectivity index (χ1n) is 10.6. The molecule has 1 aliphatic rings. The zero-order valence-corrected chi connectivity index (χ0v) is 18.4. The number of hydrogen-bond acceptors (Lipinski definition) is 6. The summed E-state index contributed by atoms with van der Waals surface area (Å²) in [6.45, 7) is 7.93. The van der Waals surface area contributed by atoms with Crippen molar-refractivity contribution in [1.82, 2.24) is 9.97 Å². The fourth-order valence-electron chi connectivity index (χ4n) is 3.72. The molecule has 1 saturated heterocycles. The van der Waals surface area contributed by atoms with Crippen molar-refractivity contribution in [3.05, 3.63) is 77.7 Å². The standard InChI is InChI=1S/C25H29N3O3/c1-25(2,19-4-8-21(29-3)9-5-19)20-6-10-22(11-7-20)31-18-23-26-13-12-24(27-23)28-14-16-30-17-15-28/h4-13H,14-18H2,1-3H3. The molecule has 1 aliphatic heterocycles. The van der Waals surface area contributed by atoms with Gasteiger partial charge in [-0.1, -0.05) is 38.1 Å². The number of benzene rings is 2. The number of aromatic nitrogens is 2. The fraction of sp³-hybridized carbons (Fsp3) is 0.360. The van der Waals surface area contributed by atoms with E-state index in [4.69, 9.17) is 14.2 Å². The number of hydrogen-bond donors (Lipinski definition) is 0. The monoisotopic (exact) mass is 419 g/mol. The normalized spacial score (nSPS) is 14.4. The second-order valence-corrected chi connectivity index (χ2v) is 8.10. The van der Waals surface area contributed by atoms with Gasteiger partial charge in [0.25, 0.3) is 0 Å². The maximum Gasteiger partial charge on any atom is 0.168 e.